The first-order valence-corrected chi connectivity index (χ1v) is 9.55. The van der Waals surface area contributed by atoms with Crippen LogP contribution in [0.3, 0.4) is 0 Å². The fourth-order valence-electron chi connectivity index (χ4n) is 2.64. The number of carbonyl (C=O) groups excluding carboxylic acids is 2. The molecule has 0 atom stereocenters. The number of halogens is 1. The van der Waals surface area contributed by atoms with Gasteiger partial charge in [0.1, 0.15) is 15.8 Å². The predicted octanol–water partition coefficient (Wildman–Crippen LogP) is -4.91. The third-order valence-electron chi connectivity index (χ3n) is 4.01. The first-order valence-electron chi connectivity index (χ1n) is 7.76. The van der Waals surface area contributed by atoms with Crippen molar-refractivity contribution in [1.82, 2.24) is 0 Å². The van der Waals surface area contributed by atoms with Gasteiger partial charge in [0.15, 0.2) is 0 Å². The summed E-state index contributed by atoms with van der Waals surface area (Å²) in [6.45, 7) is 1.52. The number of hydrogen-bond acceptors (Lipinski definition) is 8. The number of carboxylic acid groups (broad SMARTS) is 1. The summed E-state index contributed by atoms with van der Waals surface area (Å²) in [5.74, 6) is -2.59. The molecule has 0 spiro atoms. The number of benzene rings is 2. The van der Waals surface area contributed by atoms with Crippen LogP contribution in [0.5, 0.6) is 0 Å². The summed E-state index contributed by atoms with van der Waals surface area (Å²) in [6, 6.07) is 8.65. The number of aryl methyl sites for hydroxylation is 1. The molecule has 30 heavy (non-hydrogen) atoms. The molecule has 2 aromatic carbocycles. The second-order valence-corrected chi connectivity index (χ2v) is 7.64. The van der Waals surface area contributed by atoms with E-state index >= 15 is 0 Å². The number of carbonyl (C=O) groups is 2. The van der Waals surface area contributed by atoms with Gasteiger partial charge >= 0.3 is 59.1 Å². The molecule has 0 saturated heterocycles. The molecule has 0 heterocycles. The topological polar surface area (TPSA) is 139 Å². The van der Waals surface area contributed by atoms with Crippen LogP contribution in [-0.2, 0) is 19.7 Å². The minimum atomic E-state index is -4.86. The number of aliphatic carboxylic acids is 1. The number of rotatable bonds is 4. The number of hydrogen-bond donors (Lipinski definition) is 1. The predicted molar refractivity (Wildman–Crippen MR) is 98.7 cm³/mol. The van der Waals surface area contributed by atoms with Crippen LogP contribution in [0.25, 0.3) is 6.08 Å². The van der Waals surface area contributed by atoms with Gasteiger partial charge in [0.05, 0.1) is 16.6 Å². The number of anilines is 1. The van der Waals surface area contributed by atoms with E-state index in [0.717, 1.165) is 6.07 Å². The van der Waals surface area contributed by atoms with Crippen molar-refractivity contribution in [1.29, 1.82) is 0 Å². The van der Waals surface area contributed by atoms with Crippen LogP contribution >= 0.6 is 11.6 Å². The first-order chi connectivity index (χ1) is 13.1. The summed E-state index contributed by atoms with van der Waals surface area (Å²) in [5, 5.41) is 15.3. The van der Waals surface area contributed by atoms with Gasteiger partial charge in [-0.2, -0.15) is 5.10 Å². The average molecular weight is 465 g/mol. The number of carboxylic acids is 1. The van der Waals surface area contributed by atoms with Crippen molar-refractivity contribution < 1.29 is 86.8 Å². The Balaban J connectivity index is 0.00000225. The number of nitrogens with one attached hydrogen (secondary N) is 1. The van der Waals surface area contributed by atoms with Crippen LogP contribution in [0.2, 0.25) is 5.02 Å². The number of fused-ring (bicyclic) bond motifs is 1. The third-order valence-corrected chi connectivity index (χ3v) is 5.30. The zero-order valence-electron chi connectivity index (χ0n) is 16.2. The molecule has 0 bridgehead atoms. The Bertz CT molecular complexity index is 1200. The summed E-state index contributed by atoms with van der Waals surface area (Å²) in [7, 11) is -4.86. The van der Waals surface area contributed by atoms with E-state index in [4.69, 9.17) is 11.6 Å². The van der Waals surface area contributed by atoms with Crippen molar-refractivity contribution in [2.75, 3.05) is 5.43 Å². The minimum absolute atomic E-state index is 0. The maximum atomic E-state index is 12.5. The molecule has 1 aliphatic rings. The van der Waals surface area contributed by atoms with Gasteiger partial charge in [-0.3, -0.25) is 10.2 Å². The zero-order valence-corrected chi connectivity index (χ0v) is 21.8. The molecule has 0 radical (unpaired) electrons. The van der Waals surface area contributed by atoms with Gasteiger partial charge in [-0.15, -0.1) is 0 Å². The van der Waals surface area contributed by atoms with E-state index in [0.29, 0.717) is 16.7 Å². The van der Waals surface area contributed by atoms with Crippen LogP contribution in [0.4, 0.5) is 5.69 Å². The van der Waals surface area contributed by atoms with E-state index in [1.165, 1.54) is 19.1 Å². The van der Waals surface area contributed by atoms with Crippen molar-refractivity contribution in [2.24, 2.45) is 5.10 Å². The molecule has 0 unspecified atom stereocenters. The molecule has 0 saturated carbocycles. The molecule has 0 amide bonds. The Labute approximate surface area is 221 Å². The van der Waals surface area contributed by atoms with E-state index in [2.05, 4.69) is 10.5 Å². The molecule has 0 aromatic heterocycles. The summed E-state index contributed by atoms with van der Waals surface area (Å²) in [5.41, 5.74) is 2.34. The molecular formula is C18H11ClN2Na2O6S. The van der Waals surface area contributed by atoms with Gasteiger partial charge in [-0.25, -0.2) is 8.42 Å². The standard InChI is InChI=1S/C18H13ClN2O6S.2Na/c1-9-6-15(28(25,26)27)14(8-13(9)19)20-21-16-11-5-3-2-4-10(11)7-12(17(16)22)18(23)24;;/h2-8,20H,1H3,(H,23,24)(H,25,26,27);;/q;2*+1/p-2/b21-16-;;. The summed E-state index contributed by atoms with van der Waals surface area (Å²) in [4.78, 5) is 23.1. The molecule has 1 N–H and O–H groups in total. The maximum Gasteiger partial charge on any atom is 1.00 e. The smallest absolute Gasteiger partial charge is 0.744 e. The van der Waals surface area contributed by atoms with Crippen LogP contribution in [0, 0.1) is 6.92 Å². The molecule has 144 valence electrons. The zero-order chi connectivity index (χ0) is 20.6. The van der Waals surface area contributed by atoms with E-state index in [1.54, 1.807) is 24.3 Å². The normalized spacial score (nSPS) is 14.2. The molecule has 3 rings (SSSR count). The molecule has 2 aromatic rings. The summed E-state index contributed by atoms with van der Waals surface area (Å²) < 4.78 is 34.6. The SMILES string of the molecule is Cc1cc(S(=O)(=O)[O-])c(N/N=C2\C(=O)C(C(=O)[O-])=Cc3ccccc32)cc1Cl.[Na+].[Na+]. The van der Waals surface area contributed by atoms with Crippen LogP contribution in [0.15, 0.2) is 52.0 Å². The maximum absolute atomic E-state index is 12.5. The van der Waals surface area contributed by atoms with E-state index in [1.807, 2.05) is 0 Å². The van der Waals surface area contributed by atoms with Crippen molar-refractivity contribution in [3.63, 3.8) is 0 Å². The van der Waals surface area contributed by atoms with Gasteiger partial charge in [-0.05, 0) is 36.3 Å². The first kappa shape index (κ1) is 27.0. The molecule has 8 nitrogen and oxygen atoms in total. The van der Waals surface area contributed by atoms with Gasteiger partial charge in [-0.1, -0.05) is 35.9 Å². The molecular weight excluding hydrogens is 454 g/mol. The van der Waals surface area contributed by atoms with Crippen molar-refractivity contribution in [3.05, 3.63) is 63.7 Å². The van der Waals surface area contributed by atoms with E-state index < -0.39 is 32.3 Å². The van der Waals surface area contributed by atoms with E-state index in [-0.39, 0.29) is 75.5 Å². The van der Waals surface area contributed by atoms with Crippen molar-refractivity contribution >= 4 is 50.9 Å². The fraction of sp³-hybridized carbons (Fsp3) is 0.0556. The number of hydrazone groups is 1. The second kappa shape index (κ2) is 10.5. The van der Waals surface area contributed by atoms with Crippen molar-refractivity contribution in [3.8, 4) is 0 Å². The number of ketones is 1. The van der Waals surface area contributed by atoms with Gasteiger partial charge in [0.25, 0.3) is 0 Å². The van der Waals surface area contributed by atoms with Crippen LogP contribution in [-0.4, -0.2) is 30.4 Å². The Morgan fingerprint density at radius 1 is 1.17 bits per heavy atom. The number of Topliss-reactive ketones (excluding diaryl/α,β-unsaturated/α-hetero) is 1. The molecule has 12 heteroatoms. The van der Waals surface area contributed by atoms with Gasteiger partial charge in [0.2, 0.25) is 5.78 Å². The second-order valence-electron chi connectivity index (χ2n) is 5.89. The monoisotopic (exact) mass is 464 g/mol. The Morgan fingerprint density at radius 2 is 1.80 bits per heavy atom. The molecule has 1 aliphatic carbocycles. The Morgan fingerprint density at radius 3 is 2.40 bits per heavy atom. The quantitative estimate of drug-likeness (QED) is 0.207. The molecule has 0 aliphatic heterocycles. The number of nitrogens with zero attached hydrogens (tertiary/aromatic N) is 1. The van der Waals surface area contributed by atoms with Crippen molar-refractivity contribution in [2.45, 2.75) is 11.8 Å². The summed E-state index contributed by atoms with van der Waals surface area (Å²) >= 11 is 5.98. The third kappa shape index (κ3) is 5.61. The summed E-state index contributed by atoms with van der Waals surface area (Å²) in [6.07, 6.45) is 1.17. The van der Waals surface area contributed by atoms with Gasteiger partial charge < -0.3 is 14.5 Å². The molecule has 0 fully saturated rings. The van der Waals surface area contributed by atoms with E-state index in [9.17, 15) is 27.7 Å². The van der Waals surface area contributed by atoms with Crippen LogP contribution in [0.1, 0.15) is 16.7 Å². The minimum Gasteiger partial charge on any atom is -0.744 e. The Hall–Kier alpha value is -1.01. The fourth-order valence-corrected chi connectivity index (χ4v) is 3.50. The largest absolute Gasteiger partial charge is 1.00 e. The average Bonchev–Trinajstić information content (AvgIpc) is 2.61. The van der Waals surface area contributed by atoms with Crippen LogP contribution < -0.4 is 69.6 Å². The Kier molecular flexibility index (Phi) is 9.49. The van der Waals surface area contributed by atoms with Gasteiger partial charge in [0, 0.05) is 16.2 Å².